The Labute approximate surface area is 48.5 Å². The summed E-state index contributed by atoms with van der Waals surface area (Å²) in [6, 6.07) is 0. The van der Waals surface area contributed by atoms with E-state index in [1.807, 2.05) is 5.73 Å². The van der Waals surface area contributed by atoms with Crippen molar-refractivity contribution < 1.29 is 29.6 Å². The van der Waals surface area contributed by atoms with Crippen molar-refractivity contribution in [2.24, 2.45) is 0 Å². The van der Waals surface area contributed by atoms with Gasteiger partial charge in [0.1, 0.15) is 0 Å². The van der Waals surface area contributed by atoms with Crippen LogP contribution in [0.25, 0.3) is 0 Å². The number of hydrogen-bond acceptors (Lipinski definition) is 0. The predicted molar refractivity (Wildman–Crippen MR) is 13.4 cm³/mol. The minimum Gasteiger partial charge on any atom is -0.342 e. The van der Waals surface area contributed by atoms with Gasteiger partial charge in [0.05, 0.1) is 0 Å². The van der Waals surface area contributed by atoms with Crippen LogP contribution in [0.2, 0.25) is 0 Å². The fourth-order valence-corrected chi connectivity index (χ4v) is 0. The Kier molecular flexibility index (Phi) is 21.3. The molecule has 0 saturated heterocycles. The first-order valence-corrected chi connectivity index (χ1v) is 0.642. The van der Waals surface area contributed by atoms with Crippen molar-refractivity contribution in [3.8, 4) is 0 Å². The molecular weight excluding hydrogens is 59.0 g/mol. The summed E-state index contributed by atoms with van der Waals surface area (Å²) in [6.07, 6.45) is 0. The molecule has 0 fully saturated rings. The standard InChI is InChI=1S/C3H3.Na/c1-3-2;/h1H,2H2;/q-1;+1. The average Bonchev–Trinajstić information content (AvgIpc) is 0.918. The van der Waals surface area contributed by atoms with E-state index in [-0.39, 0.29) is 29.6 Å². The maximum Gasteiger partial charge on any atom is 1.00 e. The number of hydrogen-bond donors (Lipinski definition) is 0. The van der Waals surface area contributed by atoms with Gasteiger partial charge in [0.2, 0.25) is 0 Å². The third-order valence-corrected chi connectivity index (χ3v) is 0. The average molecular weight is 62.0 g/mol. The molecule has 0 aromatic heterocycles. The summed E-state index contributed by atoms with van der Waals surface area (Å²) in [5, 5.41) is 0. The second-order valence-corrected chi connectivity index (χ2v) is 0.204. The van der Waals surface area contributed by atoms with Gasteiger partial charge in [-0.2, -0.15) is 0 Å². The summed E-state index contributed by atoms with van der Waals surface area (Å²) in [7, 11) is 0. The van der Waals surface area contributed by atoms with Crippen LogP contribution in [0, 0.1) is 6.58 Å². The van der Waals surface area contributed by atoms with Gasteiger partial charge in [-0.15, -0.1) is 0 Å². The zero-order valence-electron chi connectivity index (χ0n) is 2.78. The van der Waals surface area contributed by atoms with Gasteiger partial charge in [0.15, 0.2) is 0 Å². The maximum atomic E-state index is 4.49. The Morgan fingerprint density at radius 3 is 1.75 bits per heavy atom. The molecule has 0 aromatic rings. The van der Waals surface area contributed by atoms with Crippen LogP contribution in [0.1, 0.15) is 0 Å². The Morgan fingerprint density at radius 2 is 1.75 bits per heavy atom. The summed E-state index contributed by atoms with van der Waals surface area (Å²) < 4.78 is 0. The van der Waals surface area contributed by atoms with Crippen molar-refractivity contribution in [1.82, 2.24) is 0 Å². The van der Waals surface area contributed by atoms with Gasteiger partial charge in [-0.3, -0.25) is 0 Å². The van der Waals surface area contributed by atoms with E-state index in [4.69, 9.17) is 0 Å². The molecule has 4 heavy (non-hydrogen) atoms. The van der Waals surface area contributed by atoms with Gasteiger partial charge >= 0.3 is 29.6 Å². The van der Waals surface area contributed by atoms with Crippen LogP contribution in [0.3, 0.4) is 0 Å². The third kappa shape index (κ3) is 21.5. The molecule has 0 spiro atoms. The van der Waals surface area contributed by atoms with Crippen molar-refractivity contribution in [1.29, 1.82) is 0 Å². The van der Waals surface area contributed by atoms with Crippen molar-refractivity contribution in [3.63, 3.8) is 0 Å². The zero-order valence-corrected chi connectivity index (χ0v) is 4.78. The summed E-state index contributed by atoms with van der Waals surface area (Å²) in [5.74, 6) is 0. The van der Waals surface area contributed by atoms with Crippen LogP contribution in [-0.4, -0.2) is 0 Å². The molecule has 0 rings (SSSR count). The van der Waals surface area contributed by atoms with Crippen LogP contribution >= 0.6 is 0 Å². The molecule has 0 aliphatic carbocycles. The molecule has 0 unspecified atom stereocenters. The van der Waals surface area contributed by atoms with Gasteiger partial charge in [-0.05, 0) is 0 Å². The van der Waals surface area contributed by atoms with Crippen LogP contribution in [0.4, 0.5) is 0 Å². The minimum absolute atomic E-state index is 0. The summed E-state index contributed by atoms with van der Waals surface area (Å²) in [4.78, 5) is 0. The molecule has 16 valence electrons. The SMILES string of the molecule is [CH-]=C=C.[Na+]. The Bertz CT molecular complexity index is 24.3. The normalized spacial score (nSPS) is 2.00. The molecule has 0 nitrogen and oxygen atoms in total. The minimum atomic E-state index is 0. The molecule has 0 aliphatic rings. The van der Waals surface area contributed by atoms with Crippen molar-refractivity contribution in [2.75, 3.05) is 0 Å². The quantitative estimate of drug-likeness (QED) is 0.169. The van der Waals surface area contributed by atoms with Gasteiger partial charge in [0, 0.05) is 0 Å². The Morgan fingerprint density at radius 1 is 1.75 bits per heavy atom. The second kappa shape index (κ2) is 9.68. The van der Waals surface area contributed by atoms with Crippen LogP contribution in [0.15, 0.2) is 12.3 Å². The molecule has 0 atom stereocenters. The number of rotatable bonds is 0. The summed E-state index contributed by atoms with van der Waals surface area (Å²) >= 11 is 0. The summed E-state index contributed by atoms with van der Waals surface area (Å²) in [5.41, 5.74) is 2.00. The summed E-state index contributed by atoms with van der Waals surface area (Å²) in [6.45, 7) is 7.50. The molecule has 0 aromatic carbocycles. The first-order chi connectivity index (χ1) is 1.41. The largest absolute Gasteiger partial charge is 1.00 e. The van der Waals surface area contributed by atoms with E-state index in [1.54, 1.807) is 0 Å². The Balaban J connectivity index is 0. The van der Waals surface area contributed by atoms with Gasteiger partial charge in [-0.25, -0.2) is 13.2 Å². The van der Waals surface area contributed by atoms with E-state index in [0.717, 1.165) is 0 Å². The van der Waals surface area contributed by atoms with Gasteiger partial charge < -0.3 is 5.73 Å². The maximum absolute atomic E-state index is 4.49. The molecule has 0 saturated carbocycles. The van der Waals surface area contributed by atoms with E-state index >= 15 is 0 Å². The monoisotopic (exact) mass is 62.0 g/mol. The molecule has 0 radical (unpaired) electrons. The van der Waals surface area contributed by atoms with Gasteiger partial charge in [0.25, 0.3) is 0 Å². The smallest absolute Gasteiger partial charge is 0.342 e. The fraction of sp³-hybridized carbons (Fsp3) is 0. The second-order valence-electron chi connectivity index (χ2n) is 0.204. The molecule has 0 aliphatic heterocycles. The van der Waals surface area contributed by atoms with Gasteiger partial charge in [-0.1, -0.05) is 0 Å². The predicted octanol–water partition coefficient (Wildman–Crippen LogP) is -2.24. The van der Waals surface area contributed by atoms with E-state index in [1.165, 1.54) is 0 Å². The molecular formula is C3H3Na. The molecule has 0 heterocycles. The van der Waals surface area contributed by atoms with Crippen molar-refractivity contribution >= 4 is 0 Å². The van der Waals surface area contributed by atoms with E-state index in [9.17, 15) is 0 Å². The molecule has 0 N–H and O–H groups in total. The molecule has 0 bridgehead atoms. The van der Waals surface area contributed by atoms with E-state index in [0.29, 0.717) is 0 Å². The van der Waals surface area contributed by atoms with E-state index in [2.05, 4.69) is 13.2 Å². The van der Waals surface area contributed by atoms with Crippen LogP contribution in [0.5, 0.6) is 0 Å². The van der Waals surface area contributed by atoms with Crippen molar-refractivity contribution in [2.45, 2.75) is 0 Å². The molecule has 0 amide bonds. The first kappa shape index (κ1) is 8.82. The molecule has 1 heteroatoms. The van der Waals surface area contributed by atoms with Crippen LogP contribution < -0.4 is 29.6 Å². The van der Waals surface area contributed by atoms with Crippen molar-refractivity contribution in [3.05, 3.63) is 18.9 Å². The third-order valence-electron chi connectivity index (χ3n) is 0. The van der Waals surface area contributed by atoms with E-state index < -0.39 is 0 Å². The topological polar surface area (TPSA) is 0 Å². The van der Waals surface area contributed by atoms with Crippen LogP contribution in [-0.2, 0) is 0 Å². The zero-order chi connectivity index (χ0) is 2.71. The first-order valence-electron chi connectivity index (χ1n) is 0.642. The Hall–Kier alpha value is 0.520. The fourth-order valence-electron chi connectivity index (χ4n) is 0.